The Bertz CT molecular complexity index is 481. The molecule has 1 saturated heterocycles. The van der Waals surface area contributed by atoms with Gasteiger partial charge < -0.3 is 4.90 Å². The molecule has 1 aromatic carbocycles. The van der Waals surface area contributed by atoms with E-state index in [0.29, 0.717) is 21.2 Å². The predicted octanol–water partition coefficient (Wildman–Crippen LogP) is 4.39. The van der Waals surface area contributed by atoms with Crippen molar-refractivity contribution in [1.82, 2.24) is 0 Å². The summed E-state index contributed by atoms with van der Waals surface area (Å²) in [7, 11) is 0. The highest BCUT2D eigenvalue weighted by Gasteiger charge is 2.28. The molecule has 0 N–H and O–H groups in total. The van der Waals surface area contributed by atoms with Gasteiger partial charge in [-0.15, -0.1) is 0 Å². The van der Waals surface area contributed by atoms with Crippen molar-refractivity contribution >= 4 is 38.9 Å². The highest BCUT2D eigenvalue weighted by Crippen LogP contribution is 2.40. The molecular weight excluding hydrogens is 320 g/mol. The van der Waals surface area contributed by atoms with Crippen LogP contribution in [0.15, 0.2) is 16.6 Å². The van der Waals surface area contributed by atoms with E-state index in [-0.39, 0.29) is 10.6 Å². The summed E-state index contributed by atoms with van der Waals surface area (Å²) in [5.74, 6) is 0. The van der Waals surface area contributed by atoms with E-state index in [1.807, 2.05) is 0 Å². The van der Waals surface area contributed by atoms with Gasteiger partial charge in [-0.05, 0) is 48.2 Å². The molecule has 0 amide bonds. The molecule has 6 heteroatoms. The zero-order valence-corrected chi connectivity index (χ0v) is 12.4. The van der Waals surface area contributed by atoms with E-state index in [2.05, 4.69) is 27.8 Å². The Morgan fingerprint density at radius 1 is 1.50 bits per heavy atom. The minimum absolute atomic E-state index is 0.0723. The fourth-order valence-electron chi connectivity index (χ4n) is 2.41. The first-order chi connectivity index (χ1) is 8.50. The highest BCUT2D eigenvalue weighted by molar-refractivity contribution is 9.10. The number of rotatable bonds is 2. The van der Waals surface area contributed by atoms with E-state index < -0.39 is 0 Å². The predicted molar refractivity (Wildman–Crippen MR) is 76.5 cm³/mol. The first-order valence-electron chi connectivity index (χ1n) is 5.91. The molecule has 1 fully saturated rings. The lowest BCUT2D eigenvalue weighted by molar-refractivity contribution is -0.384. The molecule has 0 bridgehead atoms. The second-order valence-electron chi connectivity index (χ2n) is 4.55. The molecule has 0 saturated carbocycles. The van der Waals surface area contributed by atoms with Gasteiger partial charge in [0.1, 0.15) is 5.69 Å². The van der Waals surface area contributed by atoms with Crippen LogP contribution in [0.4, 0.5) is 11.4 Å². The van der Waals surface area contributed by atoms with Crippen molar-refractivity contribution in [2.75, 3.05) is 11.4 Å². The van der Waals surface area contributed by atoms with Crippen LogP contribution in [-0.2, 0) is 0 Å². The van der Waals surface area contributed by atoms with E-state index in [1.54, 1.807) is 6.07 Å². The second-order valence-corrected chi connectivity index (χ2v) is 5.84. The van der Waals surface area contributed by atoms with Gasteiger partial charge >= 0.3 is 0 Å². The fraction of sp³-hybridized carbons (Fsp3) is 0.500. The smallest absolute Gasteiger partial charge is 0.295 e. The summed E-state index contributed by atoms with van der Waals surface area (Å²) in [5, 5.41) is 11.6. The number of nitro benzene ring substituents is 1. The third kappa shape index (κ3) is 2.62. The zero-order chi connectivity index (χ0) is 13.3. The van der Waals surface area contributed by atoms with Crippen LogP contribution in [0.1, 0.15) is 26.2 Å². The number of halogens is 2. The van der Waals surface area contributed by atoms with Crippen LogP contribution >= 0.6 is 27.5 Å². The molecule has 4 nitrogen and oxygen atoms in total. The summed E-state index contributed by atoms with van der Waals surface area (Å²) >= 11 is 9.29. The topological polar surface area (TPSA) is 46.4 Å². The number of anilines is 1. The molecule has 1 heterocycles. The minimum atomic E-state index is -0.368. The van der Waals surface area contributed by atoms with Crippen molar-refractivity contribution in [3.8, 4) is 0 Å². The zero-order valence-electron chi connectivity index (χ0n) is 10.0. The van der Waals surface area contributed by atoms with Crippen LogP contribution in [0.2, 0.25) is 5.02 Å². The normalized spacial score (nSPS) is 19.9. The summed E-state index contributed by atoms with van der Waals surface area (Å²) in [5.41, 5.74) is 0.722. The number of hydrogen-bond donors (Lipinski definition) is 0. The molecule has 18 heavy (non-hydrogen) atoms. The maximum absolute atomic E-state index is 11.2. The molecule has 0 spiro atoms. The standard InChI is InChI=1S/C12H14BrClN2O2/c1-8-4-2-3-5-15(8)12-10(13)6-9(14)7-11(12)16(17)18/h6-8H,2-5H2,1H3/t8-/m0/s1. The Balaban J connectivity index is 2.51. The Morgan fingerprint density at radius 2 is 2.22 bits per heavy atom. The number of nitrogens with zero attached hydrogens (tertiary/aromatic N) is 2. The van der Waals surface area contributed by atoms with Crippen LogP contribution in [0.5, 0.6) is 0 Å². The van der Waals surface area contributed by atoms with E-state index in [0.717, 1.165) is 19.4 Å². The summed E-state index contributed by atoms with van der Waals surface area (Å²) in [6, 6.07) is 3.45. The SMILES string of the molecule is C[C@H]1CCCCN1c1c(Br)cc(Cl)cc1[N+](=O)[O-]. The maximum Gasteiger partial charge on any atom is 0.295 e. The van der Waals surface area contributed by atoms with Crippen molar-refractivity contribution < 1.29 is 4.92 Å². The van der Waals surface area contributed by atoms with Gasteiger partial charge in [0, 0.05) is 28.1 Å². The van der Waals surface area contributed by atoms with E-state index in [1.165, 1.54) is 12.5 Å². The number of piperidine rings is 1. The highest BCUT2D eigenvalue weighted by atomic mass is 79.9. The molecule has 1 atom stereocenters. The molecule has 0 aromatic heterocycles. The number of benzene rings is 1. The van der Waals surface area contributed by atoms with Crippen LogP contribution in [0.25, 0.3) is 0 Å². The Morgan fingerprint density at radius 3 is 2.83 bits per heavy atom. The molecule has 1 aromatic rings. The summed E-state index contributed by atoms with van der Waals surface area (Å²) < 4.78 is 0.690. The van der Waals surface area contributed by atoms with Gasteiger partial charge in [-0.1, -0.05) is 11.6 Å². The van der Waals surface area contributed by atoms with Crippen molar-refractivity contribution in [2.45, 2.75) is 32.2 Å². The van der Waals surface area contributed by atoms with Crippen molar-refractivity contribution in [1.29, 1.82) is 0 Å². The average molecular weight is 334 g/mol. The van der Waals surface area contributed by atoms with Crippen LogP contribution < -0.4 is 4.90 Å². The summed E-state index contributed by atoms with van der Waals surface area (Å²) in [6.45, 7) is 2.95. The fourth-order valence-corrected chi connectivity index (χ4v) is 3.43. The van der Waals surface area contributed by atoms with E-state index in [9.17, 15) is 10.1 Å². The molecule has 0 aliphatic carbocycles. The quantitative estimate of drug-likeness (QED) is 0.595. The van der Waals surface area contributed by atoms with E-state index >= 15 is 0 Å². The lowest BCUT2D eigenvalue weighted by atomic mass is 10.0. The second kappa shape index (κ2) is 5.45. The van der Waals surface area contributed by atoms with E-state index in [4.69, 9.17) is 11.6 Å². The largest absolute Gasteiger partial charge is 0.362 e. The van der Waals surface area contributed by atoms with Crippen LogP contribution in [0, 0.1) is 10.1 Å². The first kappa shape index (κ1) is 13.6. The van der Waals surface area contributed by atoms with Gasteiger partial charge in [-0.3, -0.25) is 10.1 Å². The van der Waals surface area contributed by atoms with Gasteiger partial charge in [0.2, 0.25) is 0 Å². The van der Waals surface area contributed by atoms with Crippen LogP contribution in [0.3, 0.4) is 0 Å². The molecule has 0 radical (unpaired) electrons. The monoisotopic (exact) mass is 332 g/mol. The molecule has 2 rings (SSSR count). The van der Waals surface area contributed by atoms with Crippen molar-refractivity contribution in [3.05, 3.63) is 31.7 Å². The van der Waals surface area contributed by atoms with Crippen LogP contribution in [-0.4, -0.2) is 17.5 Å². The van der Waals surface area contributed by atoms with Crippen molar-refractivity contribution in [2.24, 2.45) is 0 Å². The molecular formula is C12H14BrClN2O2. The third-order valence-electron chi connectivity index (χ3n) is 3.29. The van der Waals surface area contributed by atoms with Gasteiger partial charge in [-0.2, -0.15) is 0 Å². The van der Waals surface area contributed by atoms with Gasteiger partial charge in [0.15, 0.2) is 0 Å². The molecule has 1 aliphatic heterocycles. The first-order valence-corrected chi connectivity index (χ1v) is 7.08. The van der Waals surface area contributed by atoms with Gasteiger partial charge in [0.05, 0.1) is 4.92 Å². The molecule has 98 valence electrons. The number of nitro groups is 1. The van der Waals surface area contributed by atoms with Gasteiger partial charge in [-0.25, -0.2) is 0 Å². The minimum Gasteiger partial charge on any atom is -0.362 e. The summed E-state index contributed by atoms with van der Waals surface area (Å²) in [4.78, 5) is 12.9. The Labute approximate surface area is 119 Å². The Hall–Kier alpha value is -0.810. The number of hydrogen-bond acceptors (Lipinski definition) is 3. The third-order valence-corrected chi connectivity index (χ3v) is 4.12. The van der Waals surface area contributed by atoms with Crippen molar-refractivity contribution in [3.63, 3.8) is 0 Å². The molecule has 1 aliphatic rings. The van der Waals surface area contributed by atoms with Gasteiger partial charge in [0.25, 0.3) is 5.69 Å². The molecule has 0 unspecified atom stereocenters. The lowest BCUT2D eigenvalue weighted by Crippen LogP contribution is -2.38. The average Bonchev–Trinajstić information content (AvgIpc) is 2.29. The summed E-state index contributed by atoms with van der Waals surface area (Å²) in [6.07, 6.45) is 3.31. The Kier molecular flexibility index (Phi) is 4.12. The maximum atomic E-state index is 11.2. The lowest BCUT2D eigenvalue weighted by Gasteiger charge is -2.35.